The van der Waals surface area contributed by atoms with E-state index in [-0.39, 0.29) is 5.56 Å². The molecule has 25 heavy (non-hydrogen) atoms. The van der Waals surface area contributed by atoms with Crippen LogP contribution in [0.4, 0.5) is 5.69 Å². The molecule has 3 aromatic rings. The highest BCUT2D eigenvalue weighted by Gasteiger charge is 2.20. The minimum atomic E-state index is -0.643. The maximum atomic E-state index is 12.3. The molecular formula is C17H16N4O4. The minimum absolute atomic E-state index is 0.248. The molecule has 0 unspecified atom stereocenters. The van der Waals surface area contributed by atoms with Crippen LogP contribution in [-0.2, 0) is 9.53 Å². The molecule has 0 radical (unpaired) electrons. The number of esters is 1. The predicted octanol–water partition coefficient (Wildman–Crippen LogP) is 1.84. The van der Waals surface area contributed by atoms with Gasteiger partial charge < -0.3 is 14.8 Å². The third-order valence-corrected chi connectivity index (χ3v) is 3.48. The first-order valence-electron chi connectivity index (χ1n) is 7.49. The monoisotopic (exact) mass is 340 g/mol. The topological polar surface area (TPSA) is 94.8 Å². The fourth-order valence-corrected chi connectivity index (χ4v) is 2.31. The van der Waals surface area contributed by atoms with Gasteiger partial charge in [0.2, 0.25) is 0 Å². The van der Waals surface area contributed by atoms with E-state index >= 15 is 0 Å². The zero-order chi connectivity index (χ0) is 17.8. The SMILES string of the molecule is COc1ccc(NC(=O)COC(=O)c2c(C)nn3cccnc23)cc1. The molecule has 0 aliphatic carbocycles. The normalized spacial score (nSPS) is 10.5. The van der Waals surface area contributed by atoms with E-state index in [1.54, 1.807) is 56.8 Å². The molecule has 1 aromatic carbocycles. The summed E-state index contributed by atoms with van der Waals surface area (Å²) in [6, 6.07) is 8.53. The molecule has 3 rings (SSSR count). The van der Waals surface area contributed by atoms with Crippen LogP contribution >= 0.6 is 0 Å². The van der Waals surface area contributed by atoms with Crippen molar-refractivity contribution in [1.29, 1.82) is 0 Å². The van der Waals surface area contributed by atoms with Crippen molar-refractivity contribution in [2.24, 2.45) is 0 Å². The van der Waals surface area contributed by atoms with Crippen molar-refractivity contribution >= 4 is 23.2 Å². The molecule has 8 nitrogen and oxygen atoms in total. The van der Waals surface area contributed by atoms with Crippen LogP contribution in [0.25, 0.3) is 5.65 Å². The zero-order valence-electron chi connectivity index (χ0n) is 13.7. The van der Waals surface area contributed by atoms with Crippen LogP contribution in [0, 0.1) is 6.92 Å². The summed E-state index contributed by atoms with van der Waals surface area (Å²) in [5.41, 5.74) is 1.70. The molecule has 1 N–H and O–H groups in total. The van der Waals surface area contributed by atoms with Crippen molar-refractivity contribution in [2.45, 2.75) is 6.92 Å². The summed E-state index contributed by atoms with van der Waals surface area (Å²) in [4.78, 5) is 28.3. The summed E-state index contributed by atoms with van der Waals surface area (Å²) in [5, 5.41) is 6.82. The average molecular weight is 340 g/mol. The van der Waals surface area contributed by atoms with E-state index in [9.17, 15) is 9.59 Å². The second-order valence-electron chi connectivity index (χ2n) is 5.20. The Morgan fingerprint density at radius 3 is 2.72 bits per heavy atom. The number of ether oxygens (including phenoxy) is 2. The number of methoxy groups -OCH3 is 1. The van der Waals surface area contributed by atoms with E-state index in [2.05, 4.69) is 15.4 Å². The Labute approximate surface area is 143 Å². The van der Waals surface area contributed by atoms with Gasteiger partial charge in [0.25, 0.3) is 5.91 Å². The molecule has 0 bridgehead atoms. The summed E-state index contributed by atoms with van der Waals surface area (Å²) >= 11 is 0. The van der Waals surface area contributed by atoms with Crippen LogP contribution in [0.3, 0.4) is 0 Å². The van der Waals surface area contributed by atoms with E-state index < -0.39 is 18.5 Å². The molecule has 0 saturated heterocycles. The maximum Gasteiger partial charge on any atom is 0.344 e. The van der Waals surface area contributed by atoms with Gasteiger partial charge in [-0.25, -0.2) is 14.3 Å². The number of rotatable bonds is 5. The van der Waals surface area contributed by atoms with E-state index in [1.165, 1.54) is 4.52 Å². The summed E-state index contributed by atoms with van der Waals surface area (Å²) in [5.74, 6) is -0.405. The van der Waals surface area contributed by atoms with Crippen LogP contribution in [0.2, 0.25) is 0 Å². The van der Waals surface area contributed by atoms with Gasteiger partial charge in [-0.2, -0.15) is 5.10 Å². The fraction of sp³-hybridized carbons (Fsp3) is 0.176. The number of nitrogens with zero attached hydrogens (tertiary/aromatic N) is 3. The Morgan fingerprint density at radius 2 is 2.00 bits per heavy atom. The van der Waals surface area contributed by atoms with Crippen molar-refractivity contribution in [3.8, 4) is 5.75 Å². The number of hydrogen-bond donors (Lipinski definition) is 1. The Hall–Kier alpha value is -3.42. The van der Waals surface area contributed by atoms with Gasteiger partial charge in [0.1, 0.15) is 11.3 Å². The fourth-order valence-electron chi connectivity index (χ4n) is 2.31. The first-order valence-corrected chi connectivity index (χ1v) is 7.49. The minimum Gasteiger partial charge on any atom is -0.497 e. The van der Waals surface area contributed by atoms with Gasteiger partial charge in [-0.1, -0.05) is 0 Å². The van der Waals surface area contributed by atoms with Crippen molar-refractivity contribution in [2.75, 3.05) is 19.0 Å². The molecule has 0 atom stereocenters. The van der Waals surface area contributed by atoms with Crippen LogP contribution in [0.1, 0.15) is 16.1 Å². The lowest BCUT2D eigenvalue weighted by Gasteiger charge is -2.07. The molecule has 128 valence electrons. The zero-order valence-corrected chi connectivity index (χ0v) is 13.7. The number of aryl methyl sites for hydroxylation is 1. The Balaban J connectivity index is 1.63. The molecule has 8 heteroatoms. The molecule has 0 aliphatic heterocycles. The highest BCUT2D eigenvalue weighted by molar-refractivity contribution is 5.99. The van der Waals surface area contributed by atoms with Crippen LogP contribution in [-0.4, -0.2) is 40.2 Å². The van der Waals surface area contributed by atoms with Crippen LogP contribution < -0.4 is 10.1 Å². The molecular weight excluding hydrogens is 324 g/mol. The van der Waals surface area contributed by atoms with Gasteiger partial charge in [-0.15, -0.1) is 0 Å². The average Bonchev–Trinajstić information content (AvgIpc) is 2.96. The number of hydrogen-bond acceptors (Lipinski definition) is 6. The van der Waals surface area contributed by atoms with Gasteiger partial charge >= 0.3 is 5.97 Å². The van der Waals surface area contributed by atoms with Gasteiger partial charge in [0.15, 0.2) is 12.3 Å². The second kappa shape index (κ2) is 7.00. The molecule has 0 aliphatic rings. The second-order valence-corrected chi connectivity index (χ2v) is 5.20. The van der Waals surface area contributed by atoms with Gasteiger partial charge in [0.05, 0.1) is 12.8 Å². The molecule has 1 amide bonds. The van der Waals surface area contributed by atoms with Crippen LogP contribution in [0.5, 0.6) is 5.75 Å². The lowest BCUT2D eigenvalue weighted by Crippen LogP contribution is -2.21. The molecule has 2 aromatic heterocycles. The van der Waals surface area contributed by atoms with Gasteiger partial charge in [-0.3, -0.25) is 4.79 Å². The third-order valence-electron chi connectivity index (χ3n) is 3.48. The molecule has 0 spiro atoms. The Bertz CT molecular complexity index is 918. The smallest absolute Gasteiger partial charge is 0.344 e. The third kappa shape index (κ3) is 3.57. The maximum absolute atomic E-state index is 12.3. The largest absolute Gasteiger partial charge is 0.497 e. The Morgan fingerprint density at radius 1 is 1.24 bits per heavy atom. The molecule has 2 heterocycles. The van der Waals surface area contributed by atoms with E-state index in [1.807, 2.05) is 0 Å². The van der Waals surface area contributed by atoms with Gasteiger partial charge in [0, 0.05) is 18.1 Å². The number of nitrogens with one attached hydrogen (secondary N) is 1. The van der Waals surface area contributed by atoms with Crippen molar-refractivity contribution < 1.29 is 19.1 Å². The number of fused-ring (bicyclic) bond motifs is 1. The molecule has 0 saturated carbocycles. The standard InChI is InChI=1S/C17H16N4O4/c1-11-15(16-18-8-3-9-21(16)20-11)17(23)25-10-14(22)19-12-4-6-13(24-2)7-5-12/h3-9H,10H2,1-2H3,(H,19,22). The number of carbonyl (C=O) groups is 2. The summed E-state index contributed by atoms with van der Waals surface area (Å²) in [6.45, 7) is 1.27. The number of amides is 1. The van der Waals surface area contributed by atoms with Crippen molar-refractivity contribution in [3.63, 3.8) is 0 Å². The summed E-state index contributed by atoms with van der Waals surface area (Å²) in [6.07, 6.45) is 3.24. The molecule has 0 fully saturated rings. The van der Waals surface area contributed by atoms with Crippen LogP contribution in [0.15, 0.2) is 42.7 Å². The van der Waals surface area contributed by atoms with E-state index in [0.717, 1.165) is 0 Å². The number of benzene rings is 1. The first kappa shape index (κ1) is 16.4. The predicted molar refractivity (Wildman–Crippen MR) is 89.6 cm³/mol. The lowest BCUT2D eigenvalue weighted by molar-refractivity contribution is -0.119. The number of aromatic nitrogens is 3. The highest BCUT2D eigenvalue weighted by atomic mass is 16.5. The summed E-state index contributed by atoms with van der Waals surface area (Å²) in [7, 11) is 1.56. The van der Waals surface area contributed by atoms with E-state index in [0.29, 0.717) is 22.8 Å². The highest BCUT2D eigenvalue weighted by Crippen LogP contribution is 2.16. The summed E-state index contributed by atoms with van der Waals surface area (Å²) < 4.78 is 11.6. The first-order chi connectivity index (χ1) is 12.1. The lowest BCUT2D eigenvalue weighted by atomic mass is 10.2. The van der Waals surface area contributed by atoms with E-state index in [4.69, 9.17) is 9.47 Å². The van der Waals surface area contributed by atoms with Crippen molar-refractivity contribution in [1.82, 2.24) is 14.6 Å². The van der Waals surface area contributed by atoms with Gasteiger partial charge in [-0.05, 0) is 37.3 Å². The van der Waals surface area contributed by atoms with Crippen molar-refractivity contribution in [3.05, 3.63) is 54.0 Å². The quantitative estimate of drug-likeness (QED) is 0.712. The Kier molecular flexibility index (Phi) is 4.60. The number of anilines is 1. The number of carbonyl (C=O) groups excluding carboxylic acids is 2.